The number of hydrogen-bond acceptors (Lipinski definition) is 4. The number of ether oxygens (including phenoxy) is 1. The van der Waals surface area contributed by atoms with Gasteiger partial charge in [0.25, 0.3) is 5.91 Å². The van der Waals surface area contributed by atoms with Gasteiger partial charge in [0, 0.05) is 49.0 Å². The van der Waals surface area contributed by atoms with Gasteiger partial charge in [-0.15, -0.1) is 0 Å². The third-order valence-corrected chi connectivity index (χ3v) is 5.11. The smallest absolute Gasteiger partial charge is 0.252 e. The van der Waals surface area contributed by atoms with Gasteiger partial charge in [0.15, 0.2) is 0 Å². The fourth-order valence-corrected chi connectivity index (χ4v) is 3.56. The zero-order valence-electron chi connectivity index (χ0n) is 13.3. The molecule has 2 fully saturated rings. The summed E-state index contributed by atoms with van der Waals surface area (Å²) in [5.74, 6) is 0.669. The highest BCUT2D eigenvalue weighted by Gasteiger charge is 2.34. The molecule has 0 radical (unpaired) electrons. The molecule has 1 aliphatic carbocycles. The van der Waals surface area contributed by atoms with Crippen molar-refractivity contribution < 1.29 is 14.3 Å². The fraction of sp³-hybridized carbons (Fsp3) is 0.647. The standard InChI is InChI=1S/C17H24N2O3S/c20-16(2-1-7-18-17(21)14-6-9-23-12-14)19(15-3-4-15)10-13-5-8-22-11-13/h6,9,12-13,15H,1-5,7-8,10-11H2,(H,18,21). The number of thiophene rings is 1. The van der Waals surface area contributed by atoms with Crippen LogP contribution in [0.25, 0.3) is 0 Å². The molecule has 2 aliphatic rings. The van der Waals surface area contributed by atoms with Crippen molar-refractivity contribution in [2.45, 2.75) is 38.1 Å². The molecule has 0 bridgehead atoms. The number of rotatable bonds is 8. The molecule has 0 aromatic carbocycles. The largest absolute Gasteiger partial charge is 0.381 e. The Balaban J connectivity index is 1.38. The summed E-state index contributed by atoms with van der Waals surface area (Å²) in [4.78, 5) is 26.3. The van der Waals surface area contributed by atoms with Crippen molar-refractivity contribution in [3.05, 3.63) is 22.4 Å². The minimum absolute atomic E-state index is 0.0548. The van der Waals surface area contributed by atoms with E-state index in [1.165, 1.54) is 11.3 Å². The van der Waals surface area contributed by atoms with Crippen LogP contribution in [0.15, 0.2) is 16.8 Å². The van der Waals surface area contributed by atoms with E-state index in [1.807, 2.05) is 16.8 Å². The van der Waals surface area contributed by atoms with Crippen molar-refractivity contribution in [2.75, 3.05) is 26.3 Å². The minimum Gasteiger partial charge on any atom is -0.381 e. The van der Waals surface area contributed by atoms with Gasteiger partial charge in [0.2, 0.25) is 5.91 Å². The molecule has 5 nitrogen and oxygen atoms in total. The Bertz CT molecular complexity index is 522. The van der Waals surface area contributed by atoms with Crippen LogP contribution in [0.3, 0.4) is 0 Å². The number of nitrogens with one attached hydrogen (secondary N) is 1. The third kappa shape index (κ3) is 4.78. The maximum absolute atomic E-state index is 12.5. The molecular formula is C17H24N2O3S. The van der Waals surface area contributed by atoms with Crippen molar-refractivity contribution in [2.24, 2.45) is 5.92 Å². The molecule has 1 aliphatic heterocycles. The van der Waals surface area contributed by atoms with Crippen LogP contribution in [0.5, 0.6) is 0 Å². The van der Waals surface area contributed by atoms with Crippen LogP contribution in [-0.2, 0) is 9.53 Å². The summed E-state index contributed by atoms with van der Waals surface area (Å²) in [7, 11) is 0. The highest BCUT2D eigenvalue weighted by molar-refractivity contribution is 7.08. The van der Waals surface area contributed by atoms with E-state index in [0.717, 1.165) is 39.0 Å². The van der Waals surface area contributed by atoms with Gasteiger partial charge in [-0.25, -0.2) is 0 Å². The predicted molar refractivity (Wildman–Crippen MR) is 89.5 cm³/mol. The highest BCUT2D eigenvalue weighted by atomic mass is 32.1. The summed E-state index contributed by atoms with van der Waals surface area (Å²) in [6.45, 7) is 3.00. The topological polar surface area (TPSA) is 58.6 Å². The second kappa shape index (κ2) is 7.93. The molecule has 1 aromatic heterocycles. The Kier molecular flexibility index (Phi) is 5.67. The number of carbonyl (C=O) groups excluding carboxylic acids is 2. The second-order valence-corrected chi connectivity index (χ2v) is 7.16. The maximum Gasteiger partial charge on any atom is 0.252 e. The second-order valence-electron chi connectivity index (χ2n) is 6.38. The van der Waals surface area contributed by atoms with E-state index < -0.39 is 0 Å². The lowest BCUT2D eigenvalue weighted by atomic mass is 10.1. The Labute approximate surface area is 141 Å². The van der Waals surface area contributed by atoms with E-state index in [4.69, 9.17) is 4.74 Å². The lowest BCUT2D eigenvalue weighted by Gasteiger charge is -2.25. The van der Waals surface area contributed by atoms with Gasteiger partial charge in [-0.1, -0.05) is 0 Å². The Morgan fingerprint density at radius 1 is 1.35 bits per heavy atom. The van der Waals surface area contributed by atoms with Crippen LogP contribution in [0.1, 0.15) is 42.5 Å². The average molecular weight is 336 g/mol. The van der Waals surface area contributed by atoms with Gasteiger partial charge in [-0.2, -0.15) is 11.3 Å². The van der Waals surface area contributed by atoms with Crippen LogP contribution in [0.4, 0.5) is 0 Å². The SMILES string of the molecule is O=C(NCCCC(=O)N(CC1CCOC1)C1CC1)c1ccsc1. The molecule has 1 atom stereocenters. The van der Waals surface area contributed by atoms with Gasteiger partial charge >= 0.3 is 0 Å². The number of amides is 2. The average Bonchev–Trinajstić information content (AvgIpc) is 3.05. The zero-order valence-corrected chi connectivity index (χ0v) is 14.1. The van der Waals surface area contributed by atoms with E-state index in [0.29, 0.717) is 36.9 Å². The first-order chi connectivity index (χ1) is 11.2. The number of nitrogens with zero attached hydrogens (tertiary/aromatic N) is 1. The van der Waals surface area contributed by atoms with Crippen molar-refractivity contribution in [3.8, 4) is 0 Å². The summed E-state index contributed by atoms with van der Waals surface area (Å²) in [6.07, 6.45) is 4.53. The van der Waals surface area contributed by atoms with E-state index in [-0.39, 0.29) is 11.8 Å². The normalized spacial score (nSPS) is 20.4. The molecule has 1 aromatic rings. The summed E-state index contributed by atoms with van der Waals surface area (Å²) in [6, 6.07) is 2.26. The van der Waals surface area contributed by atoms with E-state index in [2.05, 4.69) is 10.2 Å². The quantitative estimate of drug-likeness (QED) is 0.741. The van der Waals surface area contributed by atoms with Crippen LogP contribution in [-0.4, -0.2) is 49.1 Å². The molecule has 1 unspecified atom stereocenters. The van der Waals surface area contributed by atoms with Gasteiger partial charge in [-0.3, -0.25) is 9.59 Å². The summed E-state index contributed by atoms with van der Waals surface area (Å²) >= 11 is 1.51. The first-order valence-electron chi connectivity index (χ1n) is 8.41. The maximum atomic E-state index is 12.5. The first kappa shape index (κ1) is 16.5. The van der Waals surface area contributed by atoms with E-state index >= 15 is 0 Å². The summed E-state index contributed by atoms with van der Waals surface area (Å²) < 4.78 is 5.41. The van der Waals surface area contributed by atoms with Crippen LogP contribution in [0.2, 0.25) is 0 Å². The summed E-state index contributed by atoms with van der Waals surface area (Å²) in [5, 5.41) is 6.59. The lowest BCUT2D eigenvalue weighted by molar-refractivity contribution is -0.132. The molecule has 3 rings (SSSR count). The Morgan fingerprint density at radius 2 is 2.22 bits per heavy atom. The van der Waals surface area contributed by atoms with Crippen LogP contribution in [0, 0.1) is 5.92 Å². The molecule has 126 valence electrons. The van der Waals surface area contributed by atoms with Gasteiger partial charge in [-0.05, 0) is 37.1 Å². The molecule has 2 amide bonds. The highest BCUT2D eigenvalue weighted by Crippen LogP contribution is 2.29. The molecule has 23 heavy (non-hydrogen) atoms. The van der Waals surface area contributed by atoms with Gasteiger partial charge in [0.1, 0.15) is 0 Å². The number of carbonyl (C=O) groups is 2. The third-order valence-electron chi connectivity index (χ3n) is 4.42. The van der Waals surface area contributed by atoms with E-state index in [9.17, 15) is 9.59 Å². The number of hydrogen-bond donors (Lipinski definition) is 1. The lowest BCUT2D eigenvalue weighted by Crippen LogP contribution is -2.37. The van der Waals surface area contributed by atoms with Crippen molar-refractivity contribution in [3.63, 3.8) is 0 Å². The Morgan fingerprint density at radius 3 is 2.87 bits per heavy atom. The molecule has 1 saturated heterocycles. The molecule has 1 N–H and O–H groups in total. The zero-order chi connectivity index (χ0) is 16.1. The predicted octanol–water partition coefficient (Wildman–Crippen LogP) is 2.29. The van der Waals surface area contributed by atoms with Crippen LogP contribution < -0.4 is 5.32 Å². The molecule has 1 saturated carbocycles. The molecule has 2 heterocycles. The molecule has 0 spiro atoms. The van der Waals surface area contributed by atoms with E-state index in [1.54, 1.807) is 0 Å². The minimum atomic E-state index is -0.0548. The Hall–Kier alpha value is -1.40. The van der Waals surface area contributed by atoms with Crippen molar-refractivity contribution >= 4 is 23.2 Å². The van der Waals surface area contributed by atoms with Crippen molar-refractivity contribution in [1.29, 1.82) is 0 Å². The molecular weight excluding hydrogens is 312 g/mol. The fourth-order valence-electron chi connectivity index (χ4n) is 2.93. The monoisotopic (exact) mass is 336 g/mol. The van der Waals surface area contributed by atoms with Crippen LogP contribution >= 0.6 is 11.3 Å². The summed E-state index contributed by atoms with van der Waals surface area (Å²) in [5.41, 5.74) is 0.696. The molecule has 6 heteroatoms. The van der Waals surface area contributed by atoms with Gasteiger partial charge in [0.05, 0.1) is 6.61 Å². The first-order valence-corrected chi connectivity index (χ1v) is 9.36. The van der Waals surface area contributed by atoms with Crippen molar-refractivity contribution in [1.82, 2.24) is 10.2 Å². The van der Waals surface area contributed by atoms with Gasteiger partial charge < -0.3 is 15.0 Å².